The summed E-state index contributed by atoms with van der Waals surface area (Å²) in [6.45, 7) is 0. The number of aromatic nitrogens is 14. The maximum atomic E-state index is 4.98. The minimum Gasteiger partial charge on any atom is -0.308 e. The lowest BCUT2D eigenvalue weighted by Crippen LogP contribution is -1.96. The number of rotatable bonds is 11. The molecule has 0 saturated carbocycles. The molecule has 24 aromatic rings. The fourth-order valence-corrected chi connectivity index (χ4v) is 17.0. The molecule has 0 atom stereocenters. The van der Waals surface area contributed by atoms with Crippen LogP contribution < -0.4 is 0 Å². The first-order valence-corrected chi connectivity index (χ1v) is 40.1. The van der Waals surface area contributed by atoms with Gasteiger partial charge in [-0.05, 0) is 208 Å². The van der Waals surface area contributed by atoms with Crippen LogP contribution in [-0.2, 0) is 0 Å². The second-order valence-electron chi connectivity index (χ2n) is 29.8. The standard InChI is InChI=1S/2C36H23N5.C35H22N4/c1-2-8-28-24(7-1)12-18-35-36(28)29-21-25(26-11-15-32(39-22-26)30-9-3-5-19-37-30)13-17-34(29)41(35)27-14-16-33(40-23-27)31-10-4-6-20-38-31;1-2-8-29-24(6-1)11-17-35-36(29)30-20-25(31-14-10-27(22-39-31)26-7-5-18-37-21-26)12-16-34(30)41(35)28-13-15-33(40-23-28)32-9-3-4-19-38-32;1-3-9-27-23(7-1)13-19-34-35(27)28-21-25(30-16-12-24-8-2-4-10-29(24)38-30)14-18-33(28)39(34)26-15-17-32(37-22-26)31-11-5-6-20-36-31/h2*1-23H;1-22H. The van der Waals surface area contributed by atoms with Gasteiger partial charge in [-0.15, -0.1) is 0 Å². The molecule has 0 aliphatic carbocycles. The number of hydrogen-bond acceptors (Lipinski definition) is 11. The van der Waals surface area contributed by atoms with E-state index in [0.717, 1.165) is 151 Å². The van der Waals surface area contributed by atoms with Gasteiger partial charge in [0.2, 0.25) is 0 Å². The molecule has 14 nitrogen and oxygen atoms in total. The molecule has 0 spiro atoms. The highest BCUT2D eigenvalue weighted by Crippen LogP contribution is 2.44. The molecule has 0 unspecified atom stereocenters. The molecule has 0 radical (unpaired) electrons. The normalized spacial score (nSPS) is 11.5. The minimum absolute atomic E-state index is 0.851. The molecule has 0 saturated heterocycles. The smallest absolute Gasteiger partial charge is 0.0887 e. The number of fused-ring (bicyclic) bond motifs is 16. The van der Waals surface area contributed by atoms with Crippen LogP contribution in [0.1, 0.15) is 0 Å². The first-order valence-electron chi connectivity index (χ1n) is 40.1. The average Bonchev–Trinajstić information content (AvgIpc) is 1.58. The van der Waals surface area contributed by atoms with Crippen molar-refractivity contribution in [1.82, 2.24) is 68.5 Å². The van der Waals surface area contributed by atoms with Gasteiger partial charge in [0.15, 0.2) is 0 Å². The highest BCUT2D eigenvalue weighted by Gasteiger charge is 2.22. The lowest BCUT2D eigenvalue weighted by Gasteiger charge is -2.09. The van der Waals surface area contributed by atoms with E-state index >= 15 is 0 Å². The molecule has 0 bridgehead atoms. The molecule has 10 aromatic carbocycles. The third-order valence-electron chi connectivity index (χ3n) is 22.7. The zero-order valence-electron chi connectivity index (χ0n) is 65.0. The molecule has 0 fully saturated rings. The van der Waals surface area contributed by atoms with Crippen LogP contribution in [0.2, 0.25) is 0 Å². The summed E-state index contributed by atoms with van der Waals surface area (Å²) >= 11 is 0. The van der Waals surface area contributed by atoms with Crippen LogP contribution in [0.3, 0.4) is 0 Å². The zero-order valence-corrected chi connectivity index (χ0v) is 65.0. The van der Waals surface area contributed by atoms with E-state index in [1.165, 1.54) is 64.6 Å². The molecule has 14 heteroatoms. The van der Waals surface area contributed by atoms with Gasteiger partial charge in [0.25, 0.3) is 0 Å². The van der Waals surface area contributed by atoms with Gasteiger partial charge in [-0.3, -0.25) is 49.8 Å². The minimum atomic E-state index is 0.851. The maximum absolute atomic E-state index is 4.98. The van der Waals surface area contributed by atoms with Crippen LogP contribution in [0.5, 0.6) is 0 Å². The van der Waals surface area contributed by atoms with Gasteiger partial charge in [0.05, 0.1) is 131 Å². The van der Waals surface area contributed by atoms with Crippen LogP contribution in [0.15, 0.2) is 414 Å². The summed E-state index contributed by atoms with van der Waals surface area (Å²) in [5.41, 5.74) is 26.1. The van der Waals surface area contributed by atoms with E-state index in [4.69, 9.17) is 29.9 Å². The second-order valence-corrected chi connectivity index (χ2v) is 29.8. The van der Waals surface area contributed by atoms with Crippen molar-refractivity contribution in [2.75, 3.05) is 0 Å². The zero-order chi connectivity index (χ0) is 80.1. The molecule has 0 N–H and O–H groups in total. The van der Waals surface area contributed by atoms with E-state index in [2.05, 4.69) is 263 Å². The van der Waals surface area contributed by atoms with Crippen molar-refractivity contribution in [2.45, 2.75) is 0 Å². The summed E-state index contributed by atoms with van der Waals surface area (Å²) in [5, 5.41) is 15.8. The van der Waals surface area contributed by atoms with Gasteiger partial charge in [-0.1, -0.05) is 176 Å². The molecular formula is C107H68N14. The van der Waals surface area contributed by atoms with Crippen LogP contribution in [0.4, 0.5) is 0 Å². The van der Waals surface area contributed by atoms with E-state index in [1.807, 2.05) is 159 Å². The number of nitrogens with zero attached hydrogens (tertiary/aromatic N) is 14. The highest BCUT2D eigenvalue weighted by atomic mass is 15.0. The second kappa shape index (κ2) is 30.5. The van der Waals surface area contributed by atoms with Gasteiger partial charge in [-0.25, -0.2) is 4.98 Å². The average molecular weight is 1550 g/mol. The van der Waals surface area contributed by atoms with Crippen molar-refractivity contribution in [3.05, 3.63) is 414 Å². The third-order valence-corrected chi connectivity index (χ3v) is 22.7. The number of para-hydroxylation sites is 1. The molecule has 0 amide bonds. The predicted molar refractivity (Wildman–Crippen MR) is 492 cm³/mol. The number of pyridine rings is 11. The van der Waals surface area contributed by atoms with Gasteiger partial charge >= 0.3 is 0 Å². The summed E-state index contributed by atoms with van der Waals surface area (Å²) in [6, 6.07) is 120. The van der Waals surface area contributed by atoms with Crippen LogP contribution >= 0.6 is 0 Å². The lowest BCUT2D eigenvalue weighted by molar-refractivity contribution is 1.14. The lowest BCUT2D eigenvalue weighted by atomic mass is 10.0. The summed E-state index contributed by atoms with van der Waals surface area (Å²) < 4.78 is 6.91. The van der Waals surface area contributed by atoms with Crippen molar-refractivity contribution in [1.29, 1.82) is 0 Å². The van der Waals surface area contributed by atoms with E-state index in [1.54, 1.807) is 31.0 Å². The summed E-state index contributed by atoms with van der Waals surface area (Å²) in [6.07, 6.45) is 20.5. The fourth-order valence-electron chi connectivity index (χ4n) is 17.0. The topological polar surface area (TPSA) is 157 Å². The molecule has 566 valence electrons. The third kappa shape index (κ3) is 13.1. The monoisotopic (exact) mass is 1550 g/mol. The van der Waals surface area contributed by atoms with Gasteiger partial charge in [0, 0.05) is 115 Å². The fraction of sp³-hybridized carbons (Fsp3) is 0. The van der Waals surface area contributed by atoms with Gasteiger partial charge in [-0.2, -0.15) is 0 Å². The largest absolute Gasteiger partial charge is 0.308 e. The Bertz CT molecular complexity index is 7690. The Balaban J connectivity index is 0.000000109. The number of benzene rings is 10. The van der Waals surface area contributed by atoms with Crippen molar-refractivity contribution < 1.29 is 0 Å². The van der Waals surface area contributed by atoms with Gasteiger partial charge < -0.3 is 13.7 Å². The molecule has 14 heterocycles. The van der Waals surface area contributed by atoms with Crippen molar-refractivity contribution in [3.8, 4) is 107 Å². The Hall–Kier alpha value is -16.7. The van der Waals surface area contributed by atoms with Crippen LogP contribution in [0, 0.1) is 0 Å². The first kappa shape index (κ1) is 70.9. The Labute approximate surface area is 694 Å². The quantitative estimate of drug-likeness (QED) is 0.121. The maximum Gasteiger partial charge on any atom is 0.0887 e. The molecule has 121 heavy (non-hydrogen) atoms. The molecule has 24 rings (SSSR count). The van der Waals surface area contributed by atoms with E-state index in [0.29, 0.717) is 0 Å². The number of hydrogen-bond donors (Lipinski definition) is 0. The molecule has 0 aliphatic heterocycles. The molecular weight excluding hydrogens is 1480 g/mol. The van der Waals surface area contributed by atoms with Crippen molar-refractivity contribution >= 4 is 109 Å². The van der Waals surface area contributed by atoms with Crippen LogP contribution in [-0.4, -0.2) is 68.5 Å². The van der Waals surface area contributed by atoms with Crippen molar-refractivity contribution in [2.24, 2.45) is 0 Å². The van der Waals surface area contributed by atoms with Crippen molar-refractivity contribution in [3.63, 3.8) is 0 Å². The predicted octanol–water partition coefficient (Wildman–Crippen LogP) is 25.6. The first-order chi connectivity index (χ1) is 60.0. The Morgan fingerprint density at radius 3 is 0.893 bits per heavy atom. The molecule has 0 aliphatic rings. The summed E-state index contributed by atoms with van der Waals surface area (Å²) in [5.74, 6) is 0. The summed E-state index contributed by atoms with van der Waals surface area (Å²) in [7, 11) is 0. The van der Waals surface area contributed by atoms with E-state index in [-0.39, 0.29) is 0 Å². The Morgan fingerprint density at radius 2 is 0.496 bits per heavy atom. The Morgan fingerprint density at radius 1 is 0.174 bits per heavy atom. The van der Waals surface area contributed by atoms with E-state index in [9.17, 15) is 0 Å². The van der Waals surface area contributed by atoms with Gasteiger partial charge in [0.1, 0.15) is 0 Å². The SMILES string of the molecule is c1ccc(-c2ccc(-c3ccc4c(c3)c3c5ccccc5ccc3n4-c3ccc(-c4ccccn4)nc3)cn2)nc1.c1ccc(-c2ccc(-n3c4ccc(-c5ccc(-c6cccnc6)cn5)cc4c4c5ccccc5ccc43)cn2)nc1.c1ccc(-c2ccc(-n3c4ccc(-c5ccc6ccccc6n5)cc4c4c5ccccc5ccc43)cn2)nc1. The summed E-state index contributed by atoms with van der Waals surface area (Å²) in [4.78, 5) is 50.9. The van der Waals surface area contributed by atoms with E-state index < -0.39 is 0 Å². The molecule has 14 aromatic heterocycles. The highest BCUT2D eigenvalue weighted by molar-refractivity contribution is 6.24. The Kier molecular flexibility index (Phi) is 17.9. The van der Waals surface area contributed by atoms with Crippen LogP contribution in [0.25, 0.3) is 216 Å².